The van der Waals surface area contributed by atoms with Gasteiger partial charge in [-0.1, -0.05) is 12.1 Å². The summed E-state index contributed by atoms with van der Waals surface area (Å²) in [6.45, 7) is 3.15. The molecule has 10 nitrogen and oxygen atoms in total. The lowest BCUT2D eigenvalue weighted by Crippen LogP contribution is -2.30. The number of nitrogens with one attached hydrogen (secondary N) is 1. The van der Waals surface area contributed by atoms with Crippen molar-refractivity contribution in [2.24, 2.45) is 0 Å². The van der Waals surface area contributed by atoms with Crippen molar-refractivity contribution in [3.8, 4) is 17.0 Å². The van der Waals surface area contributed by atoms with Gasteiger partial charge in [0, 0.05) is 34.0 Å². The number of fused-ring (bicyclic) bond motifs is 1. The molecule has 4 aromatic rings. The second kappa shape index (κ2) is 9.32. The van der Waals surface area contributed by atoms with E-state index < -0.39 is 22.9 Å². The Morgan fingerprint density at radius 1 is 1.24 bits per heavy atom. The van der Waals surface area contributed by atoms with Gasteiger partial charge >= 0.3 is 5.97 Å². The lowest BCUT2D eigenvalue weighted by molar-refractivity contribution is -0.384. The number of nitro benzene ring substituents is 1. The van der Waals surface area contributed by atoms with E-state index in [1.807, 2.05) is 0 Å². The molecule has 11 heteroatoms. The van der Waals surface area contributed by atoms with Crippen molar-refractivity contribution in [1.82, 2.24) is 4.98 Å². The number of carbonyl (C=O) groups excluding carboxylic acids is 2. The van der Waals surface area contributed by atoms with Gasteiger partial charge in [-0.05, 0) is 32.0 Å². The van der Waals surface area contributed by atoms with Crippen molar-refractivity contribution in [2.45, 2.75) is 20.0 Å². The van der Waals surface area contributed by atoms with E-state index >= 15 is 0 Å². The van der Waals surface area contributed by atoms with Crippen molar-refractivity contribution in [3.05, 3.63) is 69.3 Å². The number of rotatable bonds is 7. The van der Waals surface area contributed by atoms with E-state index in [1.54, 1.807) is 49.7 Å². The topological polar surface area (TPSA) is 134 Å². The quantitative estimate of drug-likeness (QED) is 0.222. The van der Waals surface area contributed by atoms with Crippen LogP contribution in [-0.4, -0.2) is 35.0 Å². The molecule has 4 rings (SSSR count). The number of hydrogen-bond acceptors (Lipinski definition) is 9. The highest BCUT2D eigenvalue weighted by molar-refractivity contribution is 7.14. The number of nitro groups is 1. The summed E-state index contributed by atoms with van der Waals surface area (Å²) >= 11 is 1.14. The highest BCUT2D eigenvalue weighted by Crippen LogP contribution is 2.30. The van der Waals surface area contributed by atoms with Crippen LogP contribution in [0.3, 0.4) is 0 Å². The summed E-state index contributed by atoms with van der Waals surface area (Å²) in [5.74, 6) is -0.724. The Morgan fingerprint density at radius 3 is 2.76 bits per heavy atom. The number of aromatic nitrogens is 1. The van der Waals surface area contributed by atoms with Gasteiger partial charge in [0.05, 0.1) is 17.7 Å². The highest BCUT2D eigenvalue weighted by atomic mass is 32.1. The van der Waals surface area contributed by atoms with Crippen molar-refractivity contribution in [3.63, 3.8) is 0 Å². The molecule has 0 aliphatic carbocycles. The number of hydrogen-bond donors (Lipinski definition) is 1. The number of furan rings is 1. The van der Waals surface area contributed by atoms with Gasteiger partial charge in [-0.15, -0.1) is 11.3 Å². The minimum atomic E-state index is -1.13. The Morgan fingerprint density at radius 2 is 2.03 bits per heavy atom. The smallest absolute Gasteiger partial charge is 0.375 e. The van der Waals surface area contributed by atoms with Gasteiger partial charge in [-0.2, -0.15) is 0 Å². The van der Waals surface area contributed by atoms with Crippen LogP contribution in [0.4, 0.5) is 10.8 Å². The number of thiazole rings is 1. The fourth-order valence-electron chi connectivity index (χ4n) is 3.24. The van der Waals surface area contributed by atoms with Crippen molar-refractivity contribution >= 4 is 45.0 Å². The van der Waals surface area contributed by atoms with Crippen LogP contribution in [0.25, 0.3) is 22.2 Å². The van der Waals surface area contributed by atoms with Crippen LogP contribution in [0.2, 0.25) is 0 Å². The molecule has 0 fully saturated rings. The number of anilines is 1. The molecule has 174 valence electrons. The summed E-state index contributed by atoms with van der Waals surface area (Å²) in [6.07, 6.45) is -1.13. The number of aryl methyl sites for hydroxylation is 1. The zero-order valence-electron chi connectivity index (χ0n) is 18.4. The Balaban J connectivity index is 1.43. The van der Waals surface area contributed by atoms with Gasteiger partial charge in [0.25, 0.3) is 11.6 Å². The predicted octanol–water partition coefficient (Wildman–Crippen LogP) is 4.97. The second-order valence-electron chi connectivity index (χ2n) is 7.30. The first-order valence-corrected chi connectivity index (χ1v) is 10.9. The van der Waals surface area contributed by atoms with Crippen LogP contribution < -0.4 is 10.1 Å². The summed E-state index contributed by atoms with van der Waals surface area (Å²) < 4.78 is 16.1. The molecule has 0 saturated carbocycles. The molecule has 0 saturated heterocycles. The molecular formula is C23H19N3O7S. The first-order valence-electron chi connectivity index (χ1n) is 10.1. The fraction of sp³-hybridized carbons (Fsp3) is 0.174. The summed E-state index contributed by atoms with van der Waals surface area (Å²) in [5.41, 5.74) is 2.03. The molecule has 1 amide bonds. The van der Waals surface area contributed by atoms with Crippen molar-refractivity contribution < 1.29 is 28.4 Å². The zero-order valence-corrected chi connectivity index (χ0v) is 19.2. The normalized spacial score (nSPS) is 11.7. The standard InChI is InChI=1S/C23H19N3O7S/c1-12-17-10-16(31-3)7-8-19(17)33-20(12)22(28)32-13(2)21(27)25-23-24-18(11-34-23)14-5-4-6-15(9-14)26(29)30/h4-11,13H,1-3H3,(H,24,25,27). The maximum atomic E-state index is 12.6. The molecule has 2 aromatic heterocycles. The Bertz CT molecular complexity index is 1410. The van der Waals surface area contributed by atoms with Crippen LogP contribution in [0.15, 0.2) is 52.3 Å². The lowest BCUT2D eigenvalue weighted by atomic mass is 10.1. The molecule has 0 aliphatic heterocycles. The summed E-state index contributed by atoms with van der Waals surface area (Å²) in [4.78, 5) is 40.0. The maximum absolute atomic E-state index is 12.6. The van der Waals surface area contributed by atoms with Crippen molar-refractivity contribution in [2.75, 3.05) is 12.4 Å². The van der Waals surface area contributed by atoms with E-state index in [-0.39, 0.29) is 16.6 Å². The third-order valence-electron chi connectivity index (χ3n) is 5.07. The van der Waals surface area contributed by atoms with Crippen LogP contribution in [0, 0.1) is 17.0 Å². The van der Waals surface area contributed by atoms with E-state index in [2.05, 4.69) is 10.3 Å². The number of methoxy groups -OCH3 is 1. The molecule has 0 bridgehead atoms. The first-order chi connectivity index (χ1) is 16.3. The lowest BCUT2D eigenvalue weighted by Gasteiger charge is -2.11. The molecule has 34 heavy (non-hydrogen) atoms. The van der Waals surface area contributed by atoms with Crippen LogP contribution >= 0.6 is 11.3 Å². The first kappa shape index (κ1) is 22.9. The second-order valence-corrected chi connectivity index (χ2v) is 8.16. The van der Waals surface area contributed by atoms with E-state index in [4.69, 9.17) is 13.9 Å². The Kier molecular flexibility index (Phi) is 6.28. The number of ether oxygens (including phenoxy) is 2. The van der Waals surface area contributed by atoms with E-state index in [9.17, 15) is 19.7 Å². The Labute approximate surface area is 197 Å². The minimum absolute atomic E-state index is 0.00473. The minimum Gasteiger partial charge on any atom is -0.497 e. The molecule has 0 spiro atoms. The monoisotopic (exact) mass is 481 g/mol. The number of nitrogens with zero attached hydrogens (tertiary/aromatic N) is 2. The average molecular weight is 481 g/mol. The highest BCUT2D eigenvalue weighted by Gasteiger charge is 2.25. The SMILES string of the molecule is COc1ccc2oc(C(=O)OC(C)C(=O)Nc3nc(-c4cccc([N+](=O)[O-])c4)cs3)c(C)c2c1. The summed E-state index contributed by atoms with van der Waals surface area (Å²) in [5, 5.41) is 16.2. The molecule has 2 heterocycles. The van der Waals surface area contributed by atoms with Gasteiger partial charge < -0.3 is 13.9 Å². The molecule has 0 aliphatic rings. The van der Waals surface area contributed by atoms with Gasteiger partial charge in [-0.25, -0.2) is 9.78 Å². The van der Waals surface area contributed by atoms with Crippen LogP contribution in [0.1, 0.15) is 23.0 Å². The largest absolute Gasteiger partial charge is 0.497 e. The maximum Gasteiger partial charge on any atom is 0.375 e. The molecule has 0 radical (unpaired) electrons. The molecule has 2 aromatic carbocycles. The summed E-state index contributed by atoms with van der Waals surface area (Å²) in [7, 11) is 1.54. The number of carbonyl (C=O) groups is 2. The zero-order chi connectivity index (χ0) is 24.4. The van der Waals surface area contributed by atoms with Crippen LogP contribution in [-0.2, 0) is 9.53 Å². The molecule has 1 atom stereocenters. The fourth-order valence-corrected chi connectivity index (χ4v) is 3.96. The van der Waals surface area contributed by atoms with Crippen LogP contribution in [0.5, 0.6) is 5.75 Å². The summed E-state index contributed by atoms with van der Waals surface area (Å²) in [6, 6.07) is 11.2. The molecule has 1 N–H and O–H groups in total. The average Bonchev–Trinajstić information content (AvgIpc) is 3.43. The van der Waals surface area contributed by atoms with Gasteiger partial charge in [0.1, 0.15) is 11.3 Å². The van der Waals surface area contributed by atoms with E-state index in [0.717, 1.165) is 11.3 Å². The van der Waals surface area contributed by atoms with Crippen molar-refractivity contribution in [1.29, 1.82) is 0 Å². The number of esters is 1. The predicted molar refractivity (Wildman–Crippen MR) is 125 cm³/mol. The number of benzene rings is 2. The van der Waals surface area contributed by atoms with E-state index in [1.165, 1.54) is 19.1 Å². The number of amides is 1. The van der Waals surface area contributed by atoms with Gasteiger partial charge in [-0.3, -0.25) is 20.2 Å². The number of non-ortho nitro benzene ring substituents is 1. The third kappa shape index (κ3) is 4.59. The van der Waals surface area contributed by atoms with E-state index in [0.29, 0.717) is 33.5 Å². The molecular weight excluding hydrogens is 462 g/mol. The molecule has 1 unspecified atom stereocenters. The van der Waals surface area contributed by atoms with Gasteiger partial charge in [0.15, 0.2) is 11.2 Å². The third-order valence-corrected chi connectivity index (χ3v) is 5.83. The Hall–Kier alpha value is -4.25. The van der Waals surface area contributed by atoms with Gasteiger partial charge in [0.2, 0.25) is 5.76 Å².